The van der Waals surface area contributed by atoms with Crippen molar-refractivity contribution in [3.8, 4) is 11.5 Å². The van der Waals surface area contributed by atoms with E-state index in [0.29, 0.717) is 11.5 Å². The Morgan fingerprint density at radius 2 is 1.48 bits per heavy atom. The van der Waals surface area contributed by atoms with Crippen molar-refractivity contribution in [3.05, 3.63) is 49.1 Å². The molecule has 0 saturated heterocycles. The molecule has 0 aliphatic rings. The number of para-hydroxylation sites is 2. The summed E-state index contributed by atoms with van der Waals surface area (Å²) in [6.07, 6.45) is -1.07. The zero-order valence-corrected chi connectivity index (χ0v) is 15.1. The molecule has 2 N–H and O–H groups in total. The normalized spacial score (nSPS) is 12.4. The number of carbonyl (C=O) groups is 2. The van der Waals surface area contributed by atoms with E-state index in [1.165, 1.54) is 6.92 Å². The van der Waals surface area contributed by atoms with Gasteiger partial charge in [-0.3, -0.25) is 0 Å². The number of aliphatic hydroxyl groups is 2. The summed E-state index contributed by atoms with van der Waals surface area (Å²) in [6, 6.07) is 6.65. The predicted octanol–water partition coefficient (Wildman–Crippen LogP) is 1.01. The zero-order chi connectivity index (χ0) is 20.2. The van der Waals surface area contributed by atoms with Crippen LogP contribution in [-0.4, -0.2) is 60.8 Å². The molecule has 0 spiro atoms. The molecule has 8 nitrogen and oxygen atoms in total. The SMILES string of the molecule is C=CC(=O)OCC(O)COc1ccccc1OCC(O)COC(=O)C(=C)C. The van der Waals surface area contributed by atoms with Crippen molar-refractivity contribution in [2.24, 2.45) is 0 Å². The third-order valence-corrected chi connectivity index (χ3v) is 3.05. The molecule has 27 heavy (non-hydrogen) atoms. The molecular weight excluding hydrogens is 356 g/mol. The first-order valence-corrected chi connectivity index (χ1v) is 8.16. The van der Waals surface area contributed by atoms with Gasteiger partial charge in [0.05, 0.1) is 0 Å². The fourth-order valence-corrected chi connectivity index (χ4v) is 1.69. The average Bonchev–Trinajstić information content (AvgIpc) is 2.67. The summed E-state index contributed by atoms with van der Waals surface area (Å²) < 4.78 is 20.5. The monoisotopic (exact) mass is 380 g/mol. The summed E-state index contributed by atoms with van der Waals surface area (Å²) in [5.41, 5.74) is 0.235. The quantitative estimate of drug-likeness (QED) is 0.408. The molecule has 0 bridgehead atoms. The lowest BCUT2D eigenvalue weighted by atomic mass is 10.3. The van der Waals surface area contributed by atoms with Gasteiger partial charge in [0.2, 0.25) is 0 Å². The van der Waals surface area contributed by atoms with Crippen molar-refractivity contribution in [2.75, 3.05) is 26.4 Å². The van der Waals surface area contributed by atoms with Gasteiger partial charge in [-0.15, -0.1) is 0 Å². The molecule has 0 fully saturated rings. The lowest BCUT2D eigenvalue weighted by molar-refractivity contribution is -0.142. The molecule has 0 aromatic heterocycles. The van der Waals surface area contributed by atoms with Gasteiger partial charge in [-0.05, 0) is 19.1 Å². The van der Waals surface area contributed by atoms with Crippen LogP contribution < -0.4 is 9.47 Å². The zero-order valence-electron chi connectivity index (χ0n) is 15.1. The maximum Gasteiger partial charge on any atom is 0.333 e. The van der Waals surface area contributed by atoms with Gasteiger partial charge in [-0.1, -0.05) is 25.3 Å². The van der Waals surface area contributed by atoms with Gasteiger partial charge < -0.3 is 29.2 Å². The Hall–Kier alpha value is -2.84. The second-order valence-electron chi connectivity index (χ2n) is 5.59. The topological polar surface area (TPSA) is 112 Å². The highest BCUT2D eigenvalue weighted by molar-refractivity contribution is 5.86. The van der Waals surface area contributed by atoms with Crippen LogP contribution in [0.15, 0.2) is 49.1 Å². The average molecular weight is 380 g/mol. The number of rotatable bonds is 12. The third kappa shape index (κ3) is 8.89. The van der Waals surface area contributed by atoms with Crippen molar-refractivity contribution in [1.29, 1.82) is 0 Å². The molecule has 0 radical (unpaired) electrons. The van der Waals surface area contributed by atoms with Crippen LogP contribution in [0.2, 0.25) is 0 Å². The fourth-order valence-electron chi connectivity index (χ4n) is 1.69. The summed E-state index contributed by atoms with van der Waals surface area (Å²) >= 11 is 0. The highest BCUT2D eigenvalue weighted by Gasteiger charge is 2.13. The Kier molecular flexibility index (Phi) is 9.63. The second kappa shape index (κ2) is 11.7. The number of hydrogen-bond acceptors (Lipinski definition) is 8. The molecule has 0 amide bonds. The second-order valence-corrected chi connectivity index (χ2v) is 5.59. The van der Waals surface area contributed by atoms with E-state index in [4.69, 9.17) is 18.9 Å². The molecule has 0 saturated carbocycles. The van der Waals surface area contributed by atoms with Crippen LogP contribution in [0.3, 0.4) is 0 Å². The lowest BCUT2D eigenvalue weighted by Crippen LogP contribution is -2.26. The molecule has 0 heterocycles. The minimum absolute atomic E-state index is 0.135. The van der Waals surface area contributed by atoms with Crippen LogP contribution >= 0.6 is 0 Å². The lowest BCUT2D eigenvalue weighted by Gasteiger charge is -2.17. The van der Waals surface area contributed by atoms with E-state index >= 15 is 0 Å². The van der Waals surface area contributed by atoms with Gasteiger partial charge >= 0.3 is 11.9 Å². The number of esters is 2. The largest absolute Gasteiger partial charge is 0.487 e. The summed E-state index contributed by atoms with van der Waals surface area (Å²) in [5, 5.41) is 19.6. The molecule has 2 unspecified atom stereocenters. The highest BCUT2D eigenvalue weighted by Crippen LogP contribution is 2.26. The molecule has 1 rings (SSSR count). The molecule has 8 heteroatoms. The van der Waals surface area contributed by atoms with Crippen LogP contribution in [0.25, 0.3) is 0 Å². The smallest absolute Gasteiger partial charge is 0.333 e. The predicted molar refractivity (Wildman–Crippen MR) is 96.4 cm³/mol. The molecule has 0 aliphatic carbocycles. The Labute approximate surface area is 157 Å². The minimum atomic E-state index is -1.04. The number of ether oxygens (including phenoxy) is 4. The van der Waals surface area contributed by atoms with Gasteiger partial charge in [0.1, 0.15) is 38.6 Å². The maximum atomic E-state index is 11.3. The van der Waals surface area contributed by atoms with Gasteiger partial charge in [-0.25, -0.2) is 9.59 Å². The van der Waals surface area contributed by atoms with Crippen LogP contribution in [-0.2, 0) is 19.1 Å². The van der Waals surface area contributed by atoms with E-state index in [2.05, 4.69) is 13.2 Å². The van der Waals surface area contributed by atoms with E-state index in [1.54, 1.807) is 24.3 Å². The van der Waals surface area contributed by atoms with Gasteiger partial charge in [0.25, 0.3) is 0 Å². The van der Waals surface area contributed by atoms with E-state index in [9.17, 15) is 19.8 Å². The van der Waals surface area contributed by atoms with Crippen LogP contribution in [0, 0.1) is 0 Å². The van der Waals surface area contributed by atoms with Gasteiger partial charge in [0.15, 0.2) is 11.5 Å². The molecule has 2 atom stereocenters. The Morgan fingerprint density at radius 3 is 1.93 bits per heavy atom. The number of benzene rings is 1. The van der Waals surface area contributed by atoms with E-state index in [1.807, 2.05) is 0 Å². The van der Waals surface area contributed by atoms with E-state index < -0.39 is 24.1 Å². The Balaban J connectivity index is 2.46. The first-order valence-electron chi connectivity index (χ1n) is 8.16. The van der Waals surface area contributed by atoms with E-state index in [-0.39, 0.29) is 32.0 Å². The minimum Gasteiger partial charge on any atom is -0.487 e. The van der Waals surface area contributed by atoms with Gasteiger partial charge in [0, 0.05) is 11.6 Å². The summed E-state index contributed by atoms with van der Waals surface area (Å²) in [5.74, 6) is -0.571. The summed E-state index contributed by atoms with van der Waals surface area (Å²) in [6.45, 7) is 7.46. The van der Waals surface area contributed by atoms with Gasteiger partial charge in [-0.2, -0.15) is 0 Å². The van der Waals surface area contributed by atoms with Crippen molar-refractivity contribution in [3.63, 3.8) is 0 Å². The van der Waals surface area contributed by atoms with Crippen LogP contribution in [0.1, 0.15) is 6.92 Å². The van der Waals surface area contributed by atoms with E-state index in [0.717, 1.165) is 6.08 Å². The maximum absolute atomic E-state index is 11.3. The molecule has 0 aliphatic heterocycles. The van der Waals surface area contributed by atoms with Crippen molar-refractivity contribution in [1.82, 2.24) is 0 Å². The standard InChI is InChI=1S/C19H24O8/c1-4-18(22)26-11-14(20)9-24-16-7-5-6-8-17(16)25-10-15(21)12-27-19(23)13(2)3/h4-8,14-15,20-21H,1-2,9-12H2,3H3. The van der Waals surface area contributed by atoms with Crippen LogP contribution in [0.5, 0.6) is 11.5 Å². The summed E-state index contributed by atoms with van der Waals surface area (Å²) in [7, 11) is 0. The molecule has 1 aromatic rings. The summed E-state index contributed by atoms with van der Waals surface area (Å²) in [4.78, 5) is 22.2. The highest BCUT2D eigenvalue weighted by atomic mass is 16.6. The van der Waals surface area contributed by atoms with Crippen molar-refractivity contribution >= 4 is 11.9 Å². The number of hydrogen-bond donors (Lipinski definition) is 2. The first kappa shape index (κ1) is 22.2. The van der Waals surface area contributed by atoms with Crippen molar-refractivity contribution in [2.45, 2.75) is 19.1 Å². The Morgan fingerprint density at radius 1 is 1.00 bits per heavy atom. The Bertz CT molecular complexity index is 655. The number of aliphatic hydroxyl groups excluding tert-OH is 2. The molecule has 1 aromatic carbocycles. The van der Waals surface area contributed by atoms with Crippen molar-refractivity contribution < 1.29 is 38.7 Å². The third-order valence-electron chi connectivity index (χ3n) is 3.05. The fraction of sp³-hybridized carbons (Fsp3) is 0.368. The van der Waals surface area contributed by atoms with Crippen LogP contribution in [0.4, 0.5) is 0 Å². The first-order chi connectivity index (χ1) is 12.8. The molecular formula is C19H24O8. The molecule has 148 valence electrons. The number of carbonyl (C=O) groups excluding carboxylic acids is 2.